The van der Waals surface area contributed by atoms with Gasteiger partial charge in [-0.05, 0) is 36.4 Å². The summed E-state index contributed by atoms with van der Waals surface area (Å²) >= 11 is 0. The van der Waals surface area contributed by atoms with E-state index in [4.69, 9.17) is 5.73 Å². The van der Waals surface area contributed by atoms with Crippen LogP contribution in [0.3, 0.4) is 0 Å². The number of anilines is 5. The molecule has 0 bridgehead atoms. The first-order chi connectivity index (χ1) is 12.7. The molecular formula is C17H12F5N5. The van der Waals surface area contributed by atoms with Gasteiger partial charge in [0, 0.05) is 11.8 Å². The lowest BCUT2D eigenvalue weighted by Gasteiger charge is -2.13. The Balaban J connectivity index is 1.84. The minimum absolute atomic E-state index is 0.00362. The van der Waals surface area contributed by atoms with Crippen LogP contribution in [0.1, 0.15) is 5.56 Å². The van der Waals surface area contributed by atoms with E-state index < -0.39 is 23.4 Å². The van der Waals surface area contributed by atoms with Crippen molar-refractivity contribution in [3.63, 3.8) is 0 Å². The molecule has 2 aromatic carbocycles. The zero-order valence-corrected chi connectivity index (χ0v) is 13.5. The second kappa shape index (κ2) is 7.06. The van der Waals surface area contributed by atoms with Crippen molar-refractivity contribution in [2.45, 2.75) is 6.18 Å². The topological polar surface area (TPSA) is 75.9 Å². The molecule has 140 valence electrons. The monoisotopic (exact) mass is 381 g/mol. The van der Waals surface area contributed by atoms with Crippen LogP contribution in [0.15, 0.2) is 48.8 Å². The van der Waals surface area contributed by atoms with E-state index in [1.807, 2.05) is 0 Å². The Labute approximate surface area is 150 Å². The fourth-order valence-electron chi connectivity index (χ4n) is 2.19. The summed E-state index contributed by atoms with van der Waals surface area (Å²) in [5, 5.41) is 5.31. The molecule has 0 amide bonds. The molecule has 10 heteroatoms. The van der Waals surface area contributed by atoms with Gasteiger partial charge in [-0.15, -0.1) is 0 Å². The van der Waals surface area contributed by atoms with E-state index in [0.717, 1.165) is 36.7 Å². The van der Waals surface area contributed by atoms with Gasteiger partial charge in [0.05, 0.1) is 11.3 Å². The molecule has 0 aliphatic heterocycles. The lowest BCUT2D eigenvalue weighted by atomic mass is 10.2. The number of nitrogens with zero attached hydrogens (tertiary/aromatic N) is 2. The lowest BCUT2D eigenvalue weighted by molar-refractivity contribution is -0.137. The van der Waals surface area contributed by atoms with E-state index in [0.29, 0.717) is 5.69 Å². The zero-order chi connectivity index (χ0) is 19.6. The highest BCUT2D eigenvalue weighted by atomic mass is 19.4. The van der Waals surface area contributed by atoms with E-state index in [-0.39, 0.29) is 23.0 Å². The number of aromatic nitrogens is 2. The molecule has 27 heavy (non-hydrogen) atoms. The SMILES string of the molecule is Nc1c(Nc2ccc(C(F)(F)F)cc2)ncnc1Nc1cc(F)ccc1F. The molecule has 1 heterocycles. The Morgan fingerprint density at radius 2 is 1.48 bits per heavy atom. The van der Waals surface area contributed by atoms with Crippen molar-refractivity contribution in [2.75, 3.05) is 16.4 Å². The second-order valence-corrected chi connectivity index (χ2v) is 5.43. The van der Waals surface area contributed by atoms with Gasteiger partial charge >= 0.3 is 6.18 Å². The van der Waals surface area contributed by atoms with Crippen molar-refractivity contribution in [3.05, 3.63) is 66.0 Å². The van der Waals surface area contributed by atoms with Crippen LogP contribution in [-0.2, 0) is 6.18 Å². The van der Waals surface area contributed by atoms with Crippen LogP contribution in [0.2, 0.25) is 0 Å². The molecule has 1 aromatic heterocycles. The molecule has 0 aliphatic rings. The quantitative estimate of drug-likeness (QED) is 0.564. The summed E-state index contributed by atoms with van der Waals surface area (Å²) in [7, 11) is 0. The lowest BCUT2D eigenvalue weighted by Crippen LogP contribution is -2.07. The number of alkyl halides is 3. The maximum atomic E-state index is 13.7. The first kappa shape index (κ1) is 18.4. The van der Waals surface area contributed by atoms with E-state index in [1.165, 1.54) is 12.1 Å². The van der Waals surface area contributed by atoms with E-state index >= 15 is 0 Å². The number of halogens is 5. The third-order valence-corrected chi connectivity index (χ3v) is 3.54. The molecule has 3 aromatic rings. The number of hydrogen-bond donors (Lipinski definition) is 3. The molecule has 3 rings (SSSR count). The molecule has 5 nitrogen and oxygen atoms in total. The Kier molecular flexibility index (Phi) is 4.80. The minimum Gasteiger partial charge on any atom is -0.393 e. The largest absolute Gasteiger partial charge is 0.416 e. The molecule has 0 atom stereocenters. The number of hydrogen-bond acceptors (Lipinski definition) is 5. The fourth-order valence-corrected chi connectivity index (χ4v) is 2.19. The highest BCUT2D eigenvalue weighted by molar-refractivity contribution is 5.80. The van der Waals surface area contributed by atoms with Crippen LogP contribution in [0.25, 0.3) is 0 Å². The van der Waals surface area contributed by atoms with Crippen LogP contribution in [0, 0.1) is 11.6 Å². The van der Waals surface area contributed by atoms with Gasteiger partial charge in [0.2, 0.25) is 0 Å². The van der Waals surface area contributed by atoms with Gasteiger partial charge in [-0.3, -0.25) is 0 Å². The van der Waals surface area contributed by atoms with Gasteiger partial charge in [-0.25, -0.2) is 18.7 Å². The molecule has 0 radical (unpaired) electrons. The Morgan fingerprint density at radius 3 is 2.11 bits per heavy atom. The maximum absolute atomic E-state index is 13.7. The first-order valence-corrected chi connectivity index (χ1v) is 7.51. The average molecular weight is 381 g/mol. The summed E-state index contributed by atoms with van der Waals surface area (Å²) in [6, 6.07) is 7.06. The van der Waals surface area contributed by atoms with Gasteiger partial charge in [-0.1, -0.05) is 0 Å². The van der Waals surface area contributed by atoms with Crippen LogP contribution in [0.4, 0.5) is 50.6 Å². The second-order valence-electron chi connectivity index (χ2n) is 5.43. The molecule has 0 saturated carbocycles. The highest BCUT2D eigenvalue weighted by Gasteiger charge is 2.30. The van der Waals surface area contributed by atoms with E-state index in [1.54, 1.807) is 0 Å². The van der Waals surface area contributed by atoms with Crippen LogP contribution in [0.5, 0.6) is 0 Å². The van der Waals surface area contributed by atoms with Crippen molar-refractivity contribution in [1.82, 2.24) is 9.97 Å². The van der Waals surface area contributed by atoms with Crippen molar-refractivity contribution in [1.29, 1.82) is 0 Å². The number of nitrogens with one attached hydrogen (secondary N) is 2. The number of rotatable bonds is 4. The summed E-state index contributed by atoms with van der Waals surface area (Å²) in [6.45, 7) is 0. The molecule has 0 unspecified atom stereocenters. The molecule has 0 spiro atoms. The minimum atomic E-state index is -4.45. The third kappa shape index (κ3) is 4.22. The predicted molar refractivity (Wildman–Crippen MR) is 90.8 cm³/mol. The summed E-state index contributed by atoms with van der Waals surface area (Å²) in [5.74, 6) is -1.28. The smallest absolute Gasteiger partial charge is 0.393 e. The molecular weight excluding hydrogens is 369 g/mol. The van der Waals surface area contributed by atoms with Crippen molar-refractivity contribution < 1.29 is 22.0 Å². The third-order valence-electron chi connectivity index (χ3n) is 3.54. The molecule has 0 aliphatic carbocycles. The van der Waals surface area contributed by atoms with Crippen molar-refractivity contribution in [2.24, 2.45) is 0 Å². The summed E-state index contributed by atoms with van der Waals surface area (Å²) < 4.78 is 64.8. The molecule has 0 saturated heterocycles. The fraction of sp³-hybridized carbons (Fsp3) is 0.0588. The van der Waals surface area contributed by atoms with Crippen LogP contribution in [-0.4, -0.2) is 9.97 Å². The predicted octanol–water partition coefficient (Wildman–Crippen LogP) is 4.84. The van der Waals surface area contributed by atoms with Crippen molar-refractivity contribution in [3.8, 4) is 0 Å². The normalized spacial score (nSPS) is 11.3. The molecule has 4 N–H and O–H groups in total. The Hall–Kier alpha value is -3.43. The maximum Gasteiger partial charge on any atom is 0.416 e. The van der Waals surface area contributed by atoms with E-state index in [2.05, 4.69) is 20.6 Å². The molecule has 0 fully saturated rings. The van der Waals surface area contributed by atoms with Crippen LogP contribution < -0.4 is 16.4 Å². The van der Waals surface area contributed by atoms with Gasteiger partial charge in [0.25, 0.3) is 0 Å². The van der Waals surface area contributed by atoms with E-state index in [9.17, 15) is 22.0 Å². The Bertz CT molecular complexity index is 957. The zero-order valence-electron chi connectivity index (χ0n) is 13.5. The number of benzene rings is 2. The first-order valence-electron chi connectivity index (χ1n) is 7.51. The van der Waals surface area contributed by atoms with Crippen molar-refractivity contribution >= 4 is 28.7 Å². The average Bonchev–Trinajstić information content (AvgIpc) is 2.61. The summed E-state index contributed by atoms with van der Waals surface area (Å²) in [6.07, 6.45) is -3.33. The summed E-state index contributed by atoms with van der Waals surface area (Å²) in [5.41, 5.74) is 5.22. The highest BCUT2D eigenvalue weighted by Crippen LogP contribution is 2.32. The number of nitrogen functional groups attached to an aromatic ring is 1. The Morgan fingerprint density at radius 1 is 0.852 bits per heavy atom. The van der Waals surface area contributed by atoms with Gasteiger partial charge in [-0.2, -0.15) is 13.2 Å². The standard InChI is InChI=1S/C17H12F5N5/c18-10-3-6-12(19)13(7-10)27-16-14(23)15(24-8-25-16)26-11-4-1-9(2-5-11)17(20,21)22/h1-8H,23H2,(H2,24,25,26,27). The van der Waals surface area contributed by atoms with Gasteiger partial charge in [0.1, 0.15) is 23.6 Å². The van der Waals surface area contributed by atoms with Crippen LogP contribution >= 0.6 is 0 Å². The summed E-state index contributed by atoms with van der Waals surface area (Å²) in [4.78, 5) is 7.78. The van der Waals surface area contributed by atoms with Gasteiger partial charge < -0.3 is 16.4 Å². The number of nitrogens with two attached hydrogens (primary N) is 1. The van der Waals surface area contributed by atoms with Gasteiger partial charge in [0.15, 0.2) is 11.6 Å².